The van der Waals surface area contributed by atoms with E-state index in [0.29, 0.717) is 11.1 Å². The van der Waals surface area contributed by atoms with E-state index in [2.05, 4.69) is 9.44 Å². The molecule has 0 aliphatic heterocycles. The van der Waals surface area contributed by atoms with E-state index in [1.54, 1.807) is 13.8 Å². The van der Waals surface area contributed by atoms with Gasteiger partial charge >= 0.3 is 5.97 Å². The van der Waals surface area contributed by atoms with E-state index < -0.39 is 26.0 Å². The van der Waals surface area contributed by atoms with E-state index in [1.807, 2.05) is 0 Å². The number of benzene rings is 2. The Balaban J connectivity index is 1.88. The lowest BCUT2D eigenvalue weighted by Gasteiger charge is -2.13. The first kappa shape index (κ1) is 20.3. The molecule has 0 saturated heterocycles. The van der Waals surface area contributed by atoms with Crippen LogP contribution in [0.4, 0.5) is 5.69 Å². The summed E-state index contributed by atoms with van der Waals surface area (Å²) in [6, 6.07) is 7.80. The van der Waals surface area contributed by atoms with Crippen LogP contribution in [0.1, 0.15) is 34.3 Å². The first-order valence-electron chi connectivity index (χ1n) is 8.49. The molecule has 3 rings (SSSR count). The predicted molar refractivity (Wildman–Crippen MR) is 103 cm³/mol. The molecule has 0 radical (unpaired) electrons. The number of aryl methyl sites for hydroxylation is 1. The van der Waals surface area contributed by atoms with Gasteiger partial charge in [0.25, 0.3) is 10.0 Å². The van der Waals surface area contributed by atoms with Crippen molar-refractivity contribution >= 4 is 31.7 Å². The molecular weight excluding hydrogens is 404 g/mol. The van der Waals surface area contributed by atoms with Crippen molar-refractivity contribution in [3.63, 3.8) is 0 Å². The molecule has 150 valence electrons. The molecule has 2 aromatic carbocycles. The van der Waals surface area contributed by atoms with Crippen LogP contribution in [0, 0.1) is 13.8 Å². The Morgan fingerprint density at radius 3 is 2.14 bits per heavy atom. The van der Waals surface area contributed by atoms with Gasteiger partial charge in [-0.15, -0.1) is 0 Å². The van der Waals surface area contributed by atoms with Crippen LogP contribution in [0.3, 0.4) is 0 Å². The van der Waals surface area contributed by atoms with Crippen LogP contribution in [-0.4, -0.2) is 34.0 Å². The van der Waals surface area contributed by atoms with Gasteiger partial charge in [-0.2, -0.15) is 0 Å². The lowest BCUT2D eigenvalue weighted by molar-refractivity contribution is 0.0696. The SMILES string of the molecule is Cc1cc(C(=O)O)cc(S(=O)(=O)Nc2ccc(S(=O)(=O)NC3CC3)cc2)c1C. The van der Waals surface area contributed by atoms with Crippen molar-refractivity contribution in [2.45, 2.75) is 42.5 Å². The number of hydrogen-bond acceptors (Lipinski definition) is 5. The molecule has 3 N–H and O–H groups in total. The summed E-state index contributed by atoms with van der Waals surface area (Å²) in [5.41, 5.74) is 1.01. The van der Waals surface area contributed by atoms with Gasteiger partial charge in [0.2, 0.25) is 10.0 Å². The average Bonchev–Trinajstić information content (AvgIpc) is 3.40. The van der Waals surface area contributed by atoms with E-state index in [9.17, 15) is 26.7 Å². The summed E-state index contributed by atoms with van der Waals surface area (Å²) in [6.07, 6.45) is 1.62. The van der Waals surface area contributed by atoms with Crippen molar-refractivity contribution in [3.05, 3.63) is 53.1 Å². The quantitative estimate of drug-likeness (QED) is 0.625. The Bertz CT molecular complexity index is 1140. The number of rotatable bonds is 7. The fourth-order valence-corrected chi connectivity index (χ4v) is 5.34. The van der Waals surface area contributed by atoms with E-state index >= 15 is 0 Å². The highest BCUT2D eigenvalue weighted by atomic mass is 32.2. The van der Waals surface area contributed by atoms with Crippen molar-refractivity contribution in [2.75, 3.05) is 4.72 Å². The van der Waals surface area contributed by atoms with E-state index in [4.69, 9.17) is 0 Å². The summed E-state index contributed by atoms with van der Waals surface area (Å²) < 4.78 is 54.8. The van der Waals surface area contributed by atoms with Gasteiger partial charge in [0, 0.05) is 11.7 Å². The minimum atomic E-state index is -4.06. The normalized spacial score (nSPS) is 14.6. The number of aromatic carboxylic acids is 1. The number of nitrogens with one attached hydrogen (secondary N) is 2. The Hall–Kier alpha value is -2.43. The summed E-state index contributed by atoms with van der Waals surface area (Å²) in [5, 5.41) is 9.18. The molecule has 8 nitrogen and oxygen atoms in total. The first-order valence-corrected chi connectivity index (χ1v) is 11.5. The van der Waals surface area contributed by atoms with Crippen molar-refractivity contribution in [1.82, 2.24) is 4.72 Å². The van der Waals surface area contributed by atoms with Crippen LogP contribution < -0.4 is 9.44 Å². The van der Waals surface area contributed by atoms with Crippen LogP contribution in [0.2, 0.25) is 0 Å². The topological polar surface area (TPSA) is 130 Å². The molecule has 1 fully saturated rings. The van der Waals surface area contributed by atoms with Crippen molar-refractivity contribution in [3.8, 4) is 0 Å². The third kappa shape index (κ3) is 4.34. The maximum absolute atomic E-state index is 12.8. The van der Waals surface area contributed by atoms with Gasteiger partial charge in [0.1, 0.15) is 0 Å². The Kier molecular flexibility index (Phi) is 5.22. The van der Waals surface area contributed by atoms with Gasteiger partial charge in [0.05, 0.1) is 15.4 Å². The molecular formula is C18H20N2O6S2. The zero-order valence-corrected chi connectivity index (χ0v) is 16.9. The molecule has 0 heterocycles. The lowest BCUT2D eigenvalue weighted by atomic mass is 10.1. The molecule has 0 bridgehead atoms. The van der Waals surface area contributed by atoms with Crippen LogP contribution in [0.5, 0.6) is 0 Å². The van der Waals surface area contributed by atoms with E-state index in [-0.39, 0.29) is 27.1 Å². The zero-order chi connectivity index (χ0) is 20.7. The average molecular weight is 425 g/mol. The smallest absolute Gasteiger partial charge is 0.335 e. The van der Waals surface area contributed by atoms with Crippen LogP contribution in [0.25, 0.3) is 0 Å². The molecule has 0 spiro atoms. The summed E-state index contributed by atoms with van der Waals surface area (Å²) in [4.78, 5) is 11.1. The number of carbonyl (C=O) groups is 1. The molecule has 28 heavy (non-hydrogen) atoms. The summed E-state index contributed by atoms with van der Waals surface area (Å²) >= 11 is 0. The molecule has 0 unspecified atom stereocenters. The molecule has 0 aromatic heterocycles. The van der Waals surface area contributed by atoms with Crippen molar-refractivity contribution < 1.29 is 26.7 Å². The fourth-order valence-electron chi connectivity index (χ4n) is 2.63. The van der Waals surface area contributed by atoms with Crippen LogP contribution in [0.15, 0.2) is 46.2 Å². The third-order valence-corrected chi connectivity index (χ3v) is 7.52. The first-order chi connectivity index (χ1) is 13.0. The molecule has 2 aromatic rings. The second-order valence-electron chi connectivity index (χ2n) is 6.75. The van der Waals surface area contributed by atoms with Crippen molar-refractivity contribution in [2.24, 2.45) is 0 Å². The third-order valence-electron chi connectivity index (χ3n) is 4.47. The van der Waals surface area contributed by atoms with Gasteiger partial charge in [-0.3, -0.25) is 4.72 Å². The highest BCUT2D eigenvalue weighted by Gasteiger charge is 2.28. The number of hydrogen-bond donors (Lipinski definition) is 3. The van der Waals surface area contributed by atoms with Crippen LogP contribution in [-0.2, 0) is 20.0 Å². The highest BCUT2D eigenvalue weighted by molar-refractivity contribution is 7.92. The van der Waals surface area contributed by atoms with Crippen molar-refractivity contribution in [1.29, 1.82) is 0 Å². The number of anilines is 1. The minimum absolute atomic E-state index is 0.0316. The van der Waals surface area contributed by atoms with Gasteiger partial charge in [0.15, 0.2) is 0 Å². The molecule has 1 aliphatic carbocycles. The van der Waals surface area contributed by atoms with E-state index in [0.717, 1.165) is 18.9 Å². The Morgan fingerprint density at radius 1 is 1.00 bits per heavy atom. The number of carboxylic acid groups (broad SMARTS) is 1. The number of sulfonamides is 2. The minimum Gasteiger partial charge on any atom is -0.478 e. The summed E-state index contributed by atoms with van der Waals surface area (Å²) in [7, 11) is -7.69. The van der Waals surface area contributed by atoms with Gasteiger partial charge in [-0.25, -0.2) is 26.4 Å². The highest BCUT2D eigenvalue weighted by Crippen LogP contribution is 2.25. The summed E-state index contributed by atoms with van der Waals surface area (Å²) in [5.74, 6) is -1.22. The van der Waals surface area contributed by atoms with E-state index in [1.165, 1.54) is 30.3 Å². The molecule has 10 heteroatoms. The summed E-state index contributed by atoms with van der Waals surface area (Å²) in [6.45, 7) is 3.22. The Labute approximate surface area is 163 Å². The lowest BCUT2D eigenvalue weighted by Crippen LogP contribution is -2.25. The monoisotopic (exact) mass is 424 g/mol. The number of carboxylic acids is 1. The molecule has 0 atom stereocenters. The molecule has 1 saturated carbocycles. The molecule has 0 amide bonds. The fraction of sp³-hybridized carbons (Fsp3) is 0.278. The maximum atomic E-state index is 12.8. The van der Waals surface area contributed by atoms with Gasteiger partial charge in [-0.1, -0.05) is 0 Å². The standard InChI is InChI=1S/C18H20N2O6S2/c1-11-9-13(18(21)22)10-17(12(11)2)28(25,26)20-15-5-7-16(8-6-15)27(23,24)19-14-3-4-14/h5-10,14,19-20H,3-4H2,1-2H3,(H,21,22). The van der Waals surface area contributed by atoms with Crippen LogP contribution >= 0.6 is 0 Å². The maximum Gasteiger partial charge on any atom is 0.335 e. The van der Waals surface area contributed by atoms with Gasteiger partial charge < -0.3 is 5.11 Å². The Morgan fingerprint density at radius 2 is 1.61 bits per heavy atom. The van der Waals surface area contributed by atoms with Gasteiger partial charge in [-0.05, 0) is 74.2 Å². The predicted octanol–water partition coefficient (Wildman–Crippen LogP) is 2.24. The second-order valence-corrected chi connectivity index (χ2v) is 10.1. The molecule has 1 aliphatic rings. The largest absolute Gasteiger partial charge is 0.478 e. The zero-order valence-electron chi connectivity index (χ0n) is 15.3. The second kappa shape index (κ2) is 7.19.